The first-order valence-corrected chi connectivity index (χ1v) is 7.47. The van der Waals surface area contributed by atoms with Crippen LogP contribution < -0.4 is 4.72 Å². The van der Waals surface area contributed by atoms with Gasteiger partial charge in [-0.1, -0.05) is 24.3 Å². The summed E-state index contributed by atoms with van der Waals surface area (Å²) >= 11 is 5.68. The molecule has 100 valence electrons. The number of halogens is 2. The molecule has 2 aromatic rings. The Bertz CT molecular complexity index is 689. The quantitative estimate of drug-likeness (QED) is 0.880. The third kappa shape index (κ3) is 3.24. The van der Waals surface area contributed by atoms with Crippen LogP contribution in [0.15, 0.2) is 53.4 Å². The molecule has 0 aliphatic heterocycles. The lowest BCUT2D eigenvalue weighted by Gasteiger charge is -2.09. The molecule has 0 aromatic heterocycles. The maximum Gasteiger partial charge on any atom is 0.264 e. The van der Waals surface area contributed by atoms with E-state index in [1.54, 1.807) is 24.3 Å². The maximum atomic E-state index is 13.5. The van der Waals surface area contributed by atoms with Gasteiger partial charge < -0.3 is 0 Å². The van der Waals surface area contributed by atoms with Crippen molar-refractivity contribution < 1.29 is 12.8 Å². The topological polar surface area (TPSA) is 46.2 Å². The molecule has 0 amide bonds. The third-order valence-electron chi connectivity index (χ3n) is 2.46. The molecule has 0 heterocycles. The van der Waals surface area contributed by atoms with E-state index in [0.717, 1.165) is 11.6 Å². The fraction of sp³-hybridized carbons (Fsp3) is 0.0769. The van der Waals surface area contributed by atoms with Crippen LogP contribution in [0.1, 0.15) is 5.56 Å². The number of sulfonamides is 1. The second-order valence-corrected chi connectivity index (χ2v) is 5.79. The van der Waals surface area contributed by atoms with Crippen molar-refractivity contribution >= 4 is 27.3 Å². The second kappa shape index (κ2) is 5.59. The van der Waals surface area contributed by atoms with Gasteiger partial charge in [0.25, 0.3) is 10.0 Å². The van der Waals surface area contributed by atoms with Crippen LogP contribution in [0.4, 0.5) is 10.1 Å². The lowest BCUT2D eigenvalue weighted by Crippen LogP contribution is -2.14. The fourth-order valence-electron chi connectivity index (χ4n) is 1.59. The number of nitrogens with one attached hydrogen (secondary N) is 1. The van der Waals surface area contributed by atoms with Gasteiger partial charge in [-0.25, -0.2) is 12.8 Å². The molecule has 0 radical (unpaired) electrons. The fourth-order valence-corrected chi connectivity index (χ4v) is 2.89. The summed E-state index contributed by atoms with van der Waals surface area (Å²) in [6, 6.07) is 11.8. The summed E-state index contributed by atoms with van der Waals surface area (Å²) in [4.78, 5) is -0.383. The highest BCUT2D eigenvalue weighted by Crippen LogP contribution is 2.19. The van der Waals surface area contributed by atoms with Crippen molar-refractivity contribution in [3.8, 4) is 0 Å². The van der Waals surface area contributed by atoms with Crippen molar-refractivity contribution in [2.24, 2.45) is 0 Å². The zero-order chi connectivity index (χ0) is 13.9. The Kier molecular flexibility index (Phi) is 4.07. The minimum absolute atomic E-state index is 0.273. The molecule has 0 aliphatic carbocycles. The van der Waals surface area contributed by atoms with Crippen LogP contribution in [0, 0.1) is 5.82 Å². The Labute approximate surface area is 116 Å². The van der Waals surface area contributed by atoms with E-state index >= 15 is 0 Å². The van der Waals surface area contributed by atoms with E-state index in [9.17, 15) is 12.8 Å². The molecule has 0 fully saturated rings. The highest BCUT2D eigenvalue weighted by Gasteiger charge is 2.18. The van der Waals surface area contributed by atoms with E-state index in [1.165, 1.54) is 18.2 Å². The predicted molar refractivity (Wildman–Crippen MR) is 73.2 cm³/mol. The molecule has 19 heavy (non-hydrogen) atoms. The Morgan fingerprint density at radius 3 is 2.53 bits per heavy atom. The molecule has 0 atom stereocenters. The summed E-state index contributed by atoms with van der Waals surface area (Å²) in [5.74, 6) is -0.515. The van der Waals surface area contributed by atoms with Gasteiger partial charge in [-0.05, 0) is 29.8 Å². The Balaban J connectivity index is 2.34. The molecular formula is C13H11ClFNO2S. The summed E-state index contributed by atoms with van der Waals surface area (Å²) in [7, 11) is -3.94. The van der Waals surface area contributed by atoms with E-state index in [-0.39, 0.29) is 10.8 Å². The smallest absolute Gasteiger partial charge is 0.264 e. The normalized spacial score (nSPS) is 11.3. The number of anilines is 1. The lowest BCUT2D eigenvalue weighted by molar-refractivity contribution is 0.570. The second-order valence-electron chi connectivity index (χ2n) is 3.87. The van der Waals surface area contributed by atoms with Crippen LogP contribution >= 0.6 is 11.6 Å². The van der Waals surface area contributed by atoms with Crippen molar-refractivity contribution in [2.45, 2.75) is 10.8 Å². The standard InChI is InChI=1S/C13H11ClFNO2S/c14-9-10-4-3-5-11(8-10)16-19(17,18)13-7-2-1-6-12(13)15/h1-8,16H,9H2. The number of benzene rings is 2. The zero-order valence-corrected chi connectivity index (χ0v) is 11.4. The third-order valence-corrected chi connectivity index (χ3v) is 4.18. The van der Waals surface area contributed by atoms with E-state index < -0.39 is 15.8 Å². The van der Waals surface area contributed by atoms with Gasteiger partial charge in [0.2, 0.25) is 0 Å². The molecular weight excluding hydrogens is 289 g/mol. The number of hydrogen-bond donors (Lipinski definition) is 1. The minimum Gasteiger partial charge on any atom is -0.280 e. The number of hydrogen-bond acceptors (Lipinski definition) is 2. The van der Waals surface area contributed by atoms with E-state index in [1.807, 2.05) is 0 Å². The van der Waals surface area contributed by atoms with Gasteiger partial charge in [0, 0.05) is 11.6 Å². The van der Waals surface area contributed by atoms with Crippen molar-refractivity contribution in [3.05, 3.63) is 59.9 Å². The SMILES string of the molecule is O=S(=O)(Nc1cccc(CCl)c1)c1ccccc1F. The molecule has 0 aliphatic rings. The average molecular weight is 300 g/mol. The van der Waals surface area contributed by atoms with Crippen molar-refractivity contribution in [1.29, 1.82) is 0 Å². The van der Waals surface area contributed by atoms with Crippen LogP contribution in [-0.2, 0) is 15.9 Å². The monoisotopic (exact) mass is 299 g/mol. The highest BCUT2D eigenvalue weighted by molar-refractivity contribution is 7.92. The Morgan fingerprint density at radius 2 is 1.84 bits per heavy atom. The van der Waals surface area contributed by atoms with Crippen LogP contribution in [-0.4, -0.2) is 8.42 Å². The first-order chi connectivity index (χ1) is 9.03. The van der Waals surface area contributed by atoms with Gasteiger partial charge >= 0.3 is 0 Å². The summed E-state index contributed by atoms with van der Waals surface area (Å²) < 4.78 is 39.9. The molecule has 2 rings (SSSR count). The van der Waals surface area contributed by atoms with Gasteiger partial charge in [-0.15, -0.1) is 11.6 Å². The average Bonchev–Trinajstić information content (AvgIpc) is 2.38. The lowest BCUT2D eigenvalue weighted by atomic mass is 10.2. The summed E-state index contributed by atoms with van der Waals surface area (Å²) in [5.41, 5.74) is 1.12. The first kappa shape index (κ1) is 13.8. The van der Waals surface area contributed by atoms with Gasteiger partial charge in [-0.3, -0.25) is 4.72 Å². The van der Waals surface area contributed by atoms with Crippen molar-refractivity contribution in [1.82, 2.24) is 0 Å². The molecule has 2 aromatic carbocycles. The molecule has 0 saturated carbocycles. The van der Waals surface area contributed by atoms with Gasteiger partial charge in [-0.2, -0.15) is 0 Å². The van der Waals surface area contributed by atoms with Crippen molar-refractivity contribution in [3.63, 3.8) is 0 Å². The van der Waals surface area contributed by atoms with Gasteiger partial charge in [0.1, 0.15) is 10.7 Å². The summed E-state index contributed by atoms with van der Waals surface area (Å²) in [5, 5.41) is 0. The maximum absolute atomic E-state index is 13.5. The number of rotatable bonds is 4. The Morgan fingerprint density at radius 1 is 1.11 bits per heavy atom. The predicted octanol–water partition coefficient (Wildman–Crippen LogP) is 3.37. The largest absolute Gasteiger partial charge is 0.280 e. The van der Waals surface area contributed by atoms with Crippen LogP contribution in [0.25, 0.3) is 0 Å². The molecule has 3 nitrogen and oxygen atoms in total. The summed E-state index contributed by atoms with van der Waals surface area (Å²) in [6.07, 6.45) is 0. The van der Waals surface area contributed by atoms with Gasteiger partial charge in [0.05, 0.1) is 0 Å². The van der Waals surface area contributed by atoms with E-state index in [4.69, 9.17) is 11.6 Å². The number of alkyl halides is 1. The van der Waals surface area contributed by atoms with Crippen LogP contribution in [0.2, 0.25) is 0 Å². The van der Waals surface area contributed by atoms with E-state index in [0.29, 0.717) is 5.69 Å². The highest BCUT2D eigenvalue weighted by atomic mass is 35.5. The Hall–Kier alpha value is -1.59. The molecule has 0 saturated heterocycles. The first-order valence-electron chi connectivity index (χ1n) is 5.45. The molecule has 0 unspecified atom stereocenters. The minimum atomic E-state index is -3.94. The van der Waals surface area contributed by atoms with Crippen molar-refractivity contribution in [2.75, 3.05) is 4.72 Å². The van der Waals surface area contributed by atoms with Crippen LogP contribution in [0.3, 0.4) is 0 Å². The van der Waals surface area contributed by atoms with Crippen LogP contribution in [0.5, 0.6) is 0 Å². The summed E-state index contributed by atoms with van der Waals surface area (Å²) in [6.45, 7) is 0. The molecule has 6 heteroatoms. The molecule has 0 bridgehead atoms. The molecule has 0 spiro atoms. The zero-order valence-electron chi connectivity index (χ0n) is 9.81. The van der Waals surface area contributed by atoms with E-state index in [2.05, 4.69) is 4.72 Å². The molecule has 1 N–H and O–H groups in total. The van der Waals surface area contributed by atoms with Gasteiger partial charge in [0.15, 0.2) is 0 Å².